The second-order valence-electron chi connectivity index (χ2n) is 5.18. The zero-order valence-electron chi connectivity index (χ0n) is 11.7. The first-order chi connectivity index (χ1) is 9.16. The van der Waals surface area contributed by atoms with Gasteiger partial charge < -0.3 is 5.73 Å². The number of sulfone groups is 2. The Labute approximate surface area is 121 Å². The van der Waals surface area contributed by atoms with Crippen LogP contribution in [-0.2, 0) is 26.2 Å². The van der Waals surface area contributed by atoms with Gasteiger partial charge >= 0.3 is 0 Å². The lowest BCUT2D eigenvalue weighted by molar-refractivity contribution is 0.578. The first kappa shape index (κ1) is 17.1. The van der Waals surface area contributed by atoms with Crippen LogP contribution < -0.4 is 5.73 Å². The Balaban J connectivity index is 2.85. The number of nitrogens with two attached hydrogens (primary N) is 1. The topological polar surface area (TPSA) is 94.3 Å². The number of hydrogen-bond acceptors (Lipinski definition) is 5. The Morgan fingerprint density at radius 1 is 1.10 bits per heavy atom. The van der Waals surface area contributed by atoms with Crippen molar-refractivity contribution in [3.63, 3.8) is 0 Å². The summed E-state index contributed by atoms with van der Waals surface area (Å²) in [7, 11) is -6.94. The van der Waals surface area contributed by atoms with E-state index in [1.54, 1.807) is 26.0 Å². The summed E-state index contributed by atoms with van der Waals surface area (Å²) in [5, 5.41) is 0. The standard InChI is InChI=1S/C13H21NO4S2/c1-11(2)10-19(15,16)6-7-20(17,18)13-5-3-4-12(8-13)9-14/h3-5,8,11H,6-7,9-10,14H2,1-2H3. The van der Waals surface area contributed by atoms with Gasteiger partial charge in [-0.1, -0.05) is 26.0 Å². The molecular formula is C13H21NO4S2. The first-order valence-corrected chi connectivity index (χ1v) is 9.86. The number of benzene rings is 1. The van der Waals surface area contributed by atoms with Crippen LogP contribution >= 0.6 is 0 Å². The maximum absolute atomic E-state index is 12.1. The molecule has 0 aliphatic carbocycles. The van der Waals surface area contributed by atoms with Gasteiger partial charge in [-0.3, -0.25) is 0 Å². The van der Waals surface area contributed by atoms with Crippen molar-refractivity contribution < 1.29 is 16.8 Å². The van der Waals surface area contributed by atoms with Gasteiger partial charge in [0.1, 0.15) is 0 Å². The van der Waals surface area contributed by atoms with Crippen molar-refractivity contribution >= 4 is 19.7 Å². The van der Waals surface area contributed by atoms with E-state index < -0.39 is 25.4 Å². The van der Waals surface area contributed by atoms with Gasteiger partial charge in [0.15, 0.2) is 19.7 Å². The van der Waals surface area contributed by atoms with Crippen LogP contribution in [-0.4, -0.2) is 34.1 Å². The van der Waals surface area contributed by atoms with Crippen molar-refractivity contribution in [3.8, 4) is 0 Å². The second kappa shape index (κ2) is 6.69. The molecule has 0 saturated heterocycles. The lowest BCUT2D eigenvalue weighted by atomic mass is 10.2. The van der Waals surface area contributed by atoms with E-state index in [1.807, 2.05) is 0 Å². The largest absolute Gasteiger partial charge is 0.326 e. The third-order valence-corrected chi connectivity index (χ3v) is 6.72. The van der Waals surface area contributed by atoms with E-state index in [-0.39, 0.29) is 28.9 Å². The molecule has 0 bridgehead atoms. The molecular weight excluding hydrogens is 298 g/mol. The molecule has 0 radical (unpaired) electrons. The molecule has 20 heavy (non-hydrogen) atoms. The Morgan fingerprint density at radius 2 is 1.75 bits per heavy atom. The lowest BCUT2D eigenvalue weighted by Gasteiger charge is -2.08. The highest BCUT2D eigenvalue weighted by Gasteiger charge is 2.20. The van der Waals surface area contributed by atoms with Crippen molar-refractivity contribution in [2.75, 3.05) is 17.3 Å². The molecule has 1 rings (SSSR count). The quantitative estimate of drug-likeness (QED) is 0.809. The molecule has 0 aliphatic heterocycles. The zero-order valence-corrected chi connectivity index (χ0v) is 13.4. The molecule has 1 aromatic carbocycles. The Hall–Kier alpha value is -0.920. The van der Waals surface area contributed by atoms with E-state index in [4.69, 9.17) is 5.73 Å². The fourth-order valence-electron chi connectivity index (χ4n) is 1.81. The van der Waals surface area contributed by atoms with Crippen molar-refractivity contribution in [2.24, 2.45) is 11.7 Å². The fourth-order valence-corrected chi connectivity index (χ4v) is 5.74. The summed E-state index contributed by atoms with van der Waals surface area (Å²) in [6.07, 6.45) is 0. The SMILES string of the molecule is CC(C)CS(=O)(=O)CCS(=O)(=O)c1cccc(CN)c1. The van der Waals surface area contributed by atoms with E-state index in [2.05, 4.69) is 0 Å². The lowest BCUT2D eigenvalue weighted by Crippen LogP contribution is -2.22. The van der Waals surface area contributed by atoms with Gasteiger partial charge in [0, 0.05) is 6.54 Å². The molecule has 0 amide bonds. The zero-order chi connectivity index (χ0) is 15.4. The van der Waals surface area contributed by atoms with Gasteiger partial charge in [-0.15, -0.1) is 0 Å². The second-order valence-corrected chi connectivity index (χ2v) is 9.52. The summed E-state index contributed by atoms with van der Waals surface area (Å²) in [6.45, 7) is 3.82. The van der Waals surface area contributed by atoms with Crippen molar-refractivity contribution in [1.29, 1.82) is 0 Å². The molecule has 2 N–H and O–H groups in total. The molecule has 0 heterocycles. The van der Waals surface area contributed by atoms with Gasteiger partial charge in [0.25, 0.3) is 0 Å². The average Bonchev–Trinajstić information content (AvgIpc) is 2.35. The van der Waals surface area contributed by atoms with Gasteiger partial charge in [-0.2, -0.15) is 0 Å². The van der Waals surface area contributed by atoms with Crippen LogP contribution in [0.4, 0.5) is 0 Å². The molecule has 1 aromatic rings. The van der Waals surface area contributed by atoms with Crippen molar-refractivity contribution in [3.05, 3.63) is 29.8 Å². The third kappa shape index (κ3) is 5.22. The Kier molecular flexibility index (Phi) is 5.73. The molecule has 0 atom stereocenters. The number of rotatable bonds is 7. The summed E-state index contributed by atoms with van der Waals surface area (Å²) in [4.78, 5) is 0.125. The normalized spacial score (nSPS) is 12.8. The first-order valence-electron chi connectivity index (χ1n) is 6.38. The van der Waals surface area contributed by atoms with Gasteiger partial charge in [0.2, 0.25) is 0 Å². The summed E-state index contributed by atoms with van der Waals surface area (Å²) < 4.78 is 47.8. The molecule has 0 unspecified atom stereocenters. The van der Waals surface area contributed by atoms with E-state index >= 15 is 0 Å². The monoisotopic (exact) mass is 319 g/mol. The maximum Gasteiger partial charge on any atom is 0.179 e. The van der Waals surface area contributed by atoms with E-state index in [9.17, 15) is 16.8 Å². The summed E-state index contributed by atoms with van der Waals surface area (Å²) in [6, 6.07) is 6.29. The van der Waals surface area contributed by atoms with Crippen LogP contribution in [0.25, 0.3) is 0 Å². The van der Waals surface area contributed by atoms with E-state index in [1.165, 1.54) is 12.1 Å². The molecule has 0 aromatic heterocycles. The van der Waals surface area contributed by atoms with Gasteiger partial charge in [0.05, 0.1) is 22.2 Å². The smallest absolute Gasteiger partial charge is 0.179 e. The van der Waals surface area contributed by atoms with E-state index in [0.717, 1.165) is 0 Å². The molecule has 114 valence electrons. The van der Waals surface area contributed by atoms with Crippen LogP contribution in [0.3, 0.4) is 0 Å². The molecule has 0 saturated carbocycles. The molecule has 0 aliphatic rings. The van der Waals surface area contributed by atoms with Gasteiger partial charge in [-0.05, 0) is 23.6 Å². The van der Waals surface area contributed by atoms with Crippen LogP contribution in [0.15, 0.2) is 29.2 Å². The highest BCUT2D eigenvalue weighted by Crippen LogP contribution is 2.14. The van der Waals surface area contributed by atoms with Crippen LogP contribution in [0.5, 0.6) is 0 Å². The Bertz CT molecular complexity index is 649. The van der Waals surface area contributed by atoms with Crippen molar-refractivity contribution in [1.82, 2.24) is 0 Å². The van der Waals surface area contributed by atoms with E-state index in [0.29, 0.717) is 5.56 Å². The van der Waals surface area contributed by atoms with Crippen LogP contribution in [0.1, 0.15) is 19.4 Å². The van der Waals surface area contributed by atoms with Crippen LogP contribution in [0, 0.1) is 5.92 Å². The van der Waals surface area contributed by atoms with Crippen molar-refractivity contribution in [2.45, 2.75) is 25.3 Å². The summed E-state index contributed by atoms with van der Waals surface area (Å²) >= 11 is 0. The minimum atomic E-state index is -3.60. The predicted octanol–water partition coefficient (Wildman–Crippen LogP) is 0.990. The van der Waals surface area contributed by atoms with Gasteiger partial charge in [-0.25, -0.2) is 16.8 Å². The predicted molar refractivity (Wildman–Crippen MR) is 79.9 cm³/mol. The number of hydrogen-bond donors (Lipinski definition) is 1. The Morgan fingerprint density at radius 3 is 2.30 bits per heavy atom. The highest BCUT2D eigenvalue weighted by molar-refractivity contribution is 7.95. The molecule has 7 heteroatoms. The fraction of sp³-hybridized carbons (Fsp3) is 0.538. The maximum atomic E-state index is 12.1. The third-order valence-electron chi connectivity index (χ3n) is 2.74. The van der Waals surface area contributed by atoms with Crippen LogP contribution in [0.2, 0.25) is 0 Å². The average molecular weight is 319 g/mol. The summed E-state index contributed by atoms with van der Waals surface area (Å²) in [5.74, 6) is -0.745. The molecule has 5 nitrogen and oxygen atoms in total. The minimum Gasteiger partial charge on any atom is -0.326 e. The summed E-state index contributed by atoms with van der Waals surface area (Å²) in [5.41, 5.74) is 6.17. The molecule has 0 fully saturated rings. The minimum absolute atomic E-state index is 0.00532. The highest BCUT2D eigenvalue weighted by atomic mass is 32.2. The molecule has 0 spiro atoms.